The summed E-state index contributed by atoms with van der Waals surface area (Å²) in [6.45, 7) is 6.04. The summed E-state index contributed by atoms with van der Waals surface area (Å²) in [5.74, 6) is 0.793. The van der Waals surface area contributed by atoms with Crippen molar-refractivity contribution in [3.8, 4) is 0 Å². The second-order valence-electron chi connectivity index (χ2n) is 6.12. The first-order valence-electron chi connectivity index (χ1n) is 7.97. The van der Waals surface area contributed by atoms with Crippen LogP contribution in [-0.2, 0) is 4.74 Å². The SMILES string of the molecule is CCN1CCOC(C(N)c2ccc(C3CCC3)cc2)C1. The fourth-order valence-electron chi connectivity index (χ4n) is 3.18. The van der Waals surface area contributed by atoms with E-state index in [1.807, 2.05) is 0 Å². The lowest BCUT2D eigenvalue weighted by molar-refractivity contribution is -0.0392. The molecular formula is C17H26N2O. The minimum atomic E-state index is -0.0141. The van der Waals surface area contributed by atoms with Crippen LogP contribution in [0.2, 0.25) is 0 Å². The van der Waals surface area contributed by atoms with E-state index in [9.17, 15) is 0 Å². The first-order chi connectivity index (χ1) is 9.78. The van der Waals surface area contributed by atoms with Gasteiger partial charge in [0.1, 0.15) is 0 Å². The van der Waals surface area contributed by atoms with Crippen molar-refractivity contribution in [1.29, 1.82) is 0 Å². The maximum absolute atomic E-state index is 6.41. The summed E-state index contributed by atoms with van der Waals surface area (Å²) in [5, 5.41) is 0. The number of morpholine rings is 1. The van der Waals surface area contributed by atoms with Crippen LogP contribution in [0.15, 0.2) is 24.3 Å². The molecule has 2 unspecified atom stereocenters. The summed E-state index contributed by atoms with van der Waals surface area (Å²) in [7, 11) is 0. The van der Waals surface area contributed by atoms with Gasteiger partial charge in [0.25, 0.3) is 0 Å². The second-order valence-corrected chi connectivity index (χ2v) is 6.12. The van der Waals surface area contributed by atoms with Crippen molar-refractivity contribution in [3.63, 3.8) is 0 Å². The van der Waals surface area contributed by atoms with Gasteiger partial charge < -0.3 is 10.5 Å². The van der Waals surface area contributed by atoms with Crippen LogP contribution in [0.3, 0.4) is 0 Å². The molecule has 1 saturated carbocycles. The zero-order valence-corrected chi connectivity index (χ0v) is 12.4. The van der Waals surface area contributed by atoms with E-state index in [4.69, 9.17) is 10.5 Å². The van der Waals surface area contributed by atoms with Crippen molar-refractivity contribution >= 4 is 0 Å². The lowest BCUT2D eigenvalue weighted by atomic mass is 9.79. The average molecular weight is 274 g/mol. The minimum absolute atomic E-state index is 0.0141. The molecule has 0 amide bonds. The molecule has 1 heterocycles. The van der Waals surface area contributed by atoms with Crippen molar-refractivity contribution < 1.29 is 4.74 Å². The Labute approximate surface area is 122 Å². The lowest BCUT2D eigenvalue weighted by Gasteiger charge is -2.35. The number of ether oxygens (including phenoxy) is 1. The van der Waals surface area contributed by atoms with Gasteiger partial charge in [0.05, 0.1) is 18.8 Å². The third-order valence-electron chi connectivity index (χ3n) is 4.92. The normalized spacial score (nSPS) is 26.2. The molecule has 2 N–H and O–H groups in total. The predicted octanol–water partition coefficient (Wildman–Crippen LogP) is 2.67. The first-order valence-corrected chi connectivity index (χ1v) is 7.97. The average Bonchev–Trinajstić information content (AvgIpc) is 2.45. The molecule has 2 atom stereocenters. The van der Waals surface area contributed by atoms with Crippen molar-refractivity contribution in [3.05, 3.63) is 35.4 Å². The van der Waals surface area contributed by atoms with Crippen LogP contribution in [0.25, 0.3) is 0 Å². The van der Waals surface area contributed by atoms with Crippen LogP contribution >= 0.6 is 0 Å². The van der Waals surface area contributed by atoms with Gasteiger partial charge in [0.15, 0.2) is 0 Å². The summed E-state index contributed by atoms with van der Waals surface area (Å²) < 4.78 is 5.87. The topological polar surface area (TPSA) is 38.5 Å². The summed E-state index contributed by atoms with van der Waals surface area (Å²) in [6, 6.07) is 8.91. The van der Waals surface area contributed by atoms with Crippen LogP contribution in [0.1, 0.15) is 49.3 Å². The highest BCUT2D eigenvalue weighted by atomic mass is 16.5. The van der Waals surface area contributed by atoms with Crippen LogP contribution in [0.5, 0.6) is 0 Å². The molecule has 3 nitrogen and oxygen atoms in total. The highest BCUT2D eigenvalue weighted by Gasteiger charge is 2.26. The number of likely N-dealkylation sites (N-methyl/N-ethyl adjacent to an activating group) is 1. The molecule has 0 spiro atoms. The number of hydrogen-bond donors (Lipinski definition) is 1. The molecule has 3 heteroatoms. The molecule has 2 aliphatic rings. The summed E-state index contributed by atoms with van der Waals surface area (Å²) in [5.41, 5.74) is 9.09. The van der Waals surface area contributed by atoms with E-state index in [2.05, 4.69) is 36.1 Å². The van der Waals surface area contributed by atoms with Crippen LogP contribution in [0.4, 0.5) is 0 Å². The Morgan fingerprint density at radius 1 is 1.30 bits per heavy atom. The lowest BCUT2D eigenvalue weighted by Crippen LogP contribution is -2.46. The molecule has 1 aromatic carbocycles. The molecule has 1 aromatic rings. The van der Waals surface area contributed by atoms with Gasteiger partial charge in [-0.15, -0.1) is 0 Å². The molecule has 110 valence electrons. The highest BCUT2D eigenvalue weighted by Crippen LogP contribution is 2.36. The molecule has 2 fully saturated rings. The third-order valence-corrected chi connectivity index (χ3v) is 4.92. The Morgan fingerprint density at radius 2 is 2.05 bits per heavy atom. The van der Waals surface area contributed by atoms with E-state index in [1.54, 1.807) is 0 Å². The predicted molar refractivity (Wildman–Crippen MR) is 81.8 cm³/mol. The van der Waals surface area contributed by atoms with Gasteiger partial charge in [0, 0.05) is 13.1 Å². The highest BCUT2D eigenvalue weighted by molar-refractivity contribution is 5.29. The Kier molecular flexibility index (Phi) is 4.39. The van der Waals surface area contributed by atoms with E-state index in [1.165, 1.54) is 30.4 Å². The van der Waals surface area contributed by atoms with Gasteiger partial charge in [0.2, 0.25) is 0 Å². The molecule has 3 rings (SSSR count). The Balaban J connectivity index is 1.65. The minimum Gasteiger partial charge on any atom is -0.374 e. The summed E-state index contributed by atoms with van der Waals surface area (Å²) in [4.78, 5) is 2.41. The first kappa shape index (κ1) is 14.1. The van der Waals surface area contributed by atoms with Crippen molar-refractivity contribution in [2.24, 2.45) is 5.73 Å². The summed E-state index contributed by atoms with van der Waals surface area (Å²) >= 11 is 0. The van der Waals surface area contributed by atoms with Gasteiger partial charge >= 0.3 is 0 Å². The number of rotatable bonds is 4. The molecule has 1 aliphatic carbocycles. The van der Waals surface area contributed by atoms with E-state index < -0.39 is 0 Å². The van der Waals surface area contributed by atoms with Crippen molar-refractivity contribution in [2.75, 3.05) is 26.2 Å². The zero-order valence-electron chi connectivity index (χ0n) is 12.4. The molecule has 0 bridgehead atoms. The molecule has 1 aliphatic heterocycles. The molecule has 1 saturated heterocycles. The molecule has 0 radical (unpaired) electrons. The Hall–Kier alpha value is -0.900. The van der Waals surface area contributed by atoms with Crippen LogP contribution < -0.4 is 5.73 Å². The number of nitrogens with zero attached hydrogens (tertiary/aromatic N) is 1. The molecule has 0 aromatic heterocycles. The third kappa shape index (κ3) is 2.90. The van der Waals surface area contributed by atoms with E-state index >= 15 is 0 Å². The van der Waals surface area contributed by atoms with Gasteiger partial charge in [-0.2, -0.15) is 0 Å². The summed E-state index contributed by atoms with van der Waals surface area (Å²) in [6.07, 6.45) is 4.21. The van der Waals surface area contributed by atoms with Crippen LogP contribution in [0, 0.1) is 0 Å². The standard InChI is InChI=1S/C17H26N2O/c1-2-19-10-11-20-16(12-19)17(18)15-8-6-14(7-9-15)13-4-3-5-13/h6-9,13,16-17H,2-5,10-12,18H2,1H3. The van der Waals surface area contributed by atoms with Gasteiger partial charge in [-0.25, -0.2) is 0 Å². The van der Waals surface area contributed by atoms with Crippen molar-refractivity contribution in [2.45, 2.75) is 44.2 Å². The molecular weight excluding hydrogens is 248 g/mol. The maximum Gasteiger partial charge on any atom is 0.0894 e. The van der Waals surface area contributed by atoms with E-state index in [0.717, 1.165) is 32.2 Å². The van der Waals surface area contributed by atoms with Crippen molar-refractivity contribution in [1.82, 2.24) is 4.90 Å². The van der Waals surface area contributed by atoms with Gasteiger partial charge in [-0.05, 0) is 36.4 Å². The van der Waals surface area contributed by atoms with E-state index in [-0.39, 0.29) is 12.1 Å². The van der Waals surface area contributed by atoms with Crippen LogP contribution in [-0.4, -0.2) is 37.2 Å². The maximum atomic E-state index is 6.41. The van der Waals surface area contributed by atoms with Gasteiger partial charge in [-0.3, -0.25) is 4.90 Å². The Morgan fingerprint density at radius 3 is 2.65 bits per heavy atom. The number of hydrogen-bond acceptors (Lipinski definition) is 3. The monoisotopic (exact) mass is 274 g/mol. The quantitative estimate of drug-likeness (QED) is 0.917. The fourth-order valence-corrected chi connectivity index (χ4v) is 3.18. The number of benzene rings is 1. The largest absolute Gasteiger partial charge is 0.374 e. The fraction of sp³-hybridized carbons (Fsp3) is 0.647. The number of nitrogens with two attached hydrogens (primary N) is 1. The smallest absolute Gasteiger partial charge is 0.0894 e. The zero-order chi connectivity index (χ0) is 13.9. The van der Waals surface area contributed by atoms with Gasteiger partial charge in [-0.1, -0.05) is 37.6 Å². The molecule has 20 heavy (non-hydrogen) atoms. The Bertz CT molecular complexity index is 427. The second kappa shape index (κ2) is 6.25. The van der Waals surface area contributed by atoms with E-state index in [0.29, 0.717) is 0 Å².